The largest absolute Gasteiger partial charge is 0.301 e. The monoisotopic (exact) mass is 270 g/mol. The van der Waals surface area contributed by atoms with Crippen LogP contribution in [0.15, 0.2) is 0 Å². The molecule has 0 amide bonds. The van der Waals surface area contributed by atoms with Crippen LogP contribution in [-0.4, -0.2) is 28.5 Å². The van der Waals surface area contributed by atoms with Crippen molar-refractivity contribution < 1.29 is 22.6 Å². The van der Waals surface area contributed by atoms with Crippen molar-refractivity contribution in [1.82, 2.24) is 4.90 Å². The Bertz CT molecular complexity index is 83.6. The first-order valence-electron chi connectivity index (χ1n) is 4.54. The third-order valence-electron chi connectivity index (χ3n) is 1.83. The smallest absolute Gasteiger partial charge is 0.252 e. The van der Waals surface area contributed by atoms with E-state index < -0.39 is 0 Å². The minimum Gasteiger partial charge on any atom is -0.301 e. The number of hydrogen-bond donors (Lipinski definition) is 0. The maximum Gasteiger partial charge on any atom is 0.252 e. The molecule has 0 aliphatic heterocycles. The van der Waals surface area contributed by atoms with E-state index in [0.29, 0.717) is 0 Å². The predicted molar refractivity (Wildman–Crippen MR) is 47.9 cm³/mol. The van der Waals surface area contributed by atoms with Gasteiger partial charge in [0.2, 0.25) is 0 Å². The first-order chi connectivity index (χ1) is 5.22. The number of rotatable bonds is 6. The van der Waals surface area contributed by atoms with Gasteiger partial charge in [0.15, 0.2) is 0 Å². The van der Waals surface area contributed by atoms with E-state index in [1.54, 1.807) is 0 Å². The first-order valence-corrected chi connectivity index (χ1v) is 6.19. The molecule has 1 nitrogen and oxygen atoms in total. The van der Waals surface area contributed by atoms with Gasteiger partial charge in [-0.1, -0.05) is 6.92 Å². The van der Waals surface area contributed by atoms with E-state index in [1.165, 1.54) is 30.4 Å². The normalized spacial score (nSPS) is 11.5. The fourth-order valence-electron chi connectivity index (χ4n) is 1.18. The molecule has 68 valence electrons. The Kier molecular flexibility index (Phi) is 7.81. The lowest BCUT2D eigenvalue weighted by atomic mass is 10.2. The summed E-state index contributed by atoms with van der Waals surface area (Å²) in [5.74, 6) is 0. The van der Waals surface area contributed by atoms with Crippen LogP contribution in [0.5, 0.6) is 0 Å². The fraction of sp³-hybridized carbons (Fsp3) is 1.00. The molecule has 0 radical (unpaired) electrons. The topological polar surface area (TPSA) is 3.24 Å². The van der Waals surface area contributed by atoms with Crippen LogP contribution in [0.25, 0.3) is 0 Å². The molecule has 0 saturated carbocycles. The van der Waals surface area contributed by atoms with Gasteiger partial charge in [-0.05, 0) is 26.8 Å². The molecule has 0 unspecified atom stereocenters. The van der Waals surface area contributed by atoms with Gasteiger partial charge < -0.3 is 4.90 Å². The molecule has 0 bridgehead atoms. The lowest BCUT2D eigenvalue weighted by Gasteiger charge is -2.24. The van der Waals surface area contributed by atoms with E-state index in [-0.39, 0.29) is 0 Å². The van der Waals surface area contributed by atoms with Crippen LogP contribution in [-0.2, 0) is 0 Å². The Hall–Kier alpha value is 0.690. The van der Waals surface area contributed by atoms with Crippen molar-refractivity contribution in [3.05, 3.63) is 0 Å². The summed E-state index contributed by atoms with van der Waals surface area (Å²) in [5, 5.41) is 0. The van der Waals surface area contributed by atoms with Crippen molar-refractivity contribution in [3.8, 4) is 0 Å². The fourth-order valence-corrected chi connectivity index (χ4v) is 1.55. The highest BCUT2D eigenvalue weighted by molar-refractivity contribution is 4.61. The van der Waals surface area contributed by atoms with Gasteiger partial charge in [0.1, 0.15) is 4.43 Å². The average molecular weight is 270 g/mol. The third-order valence-corrected chi connectivity index (χ3v) is 2.65. The summed E-state index contributed by atoms with van der Waals surface area (Å²) >= 11 is 2.19. The van der Waals surface area contributed by atoms with Gasteiger partial charge in [0.05, 0.1) is 0 Å². The number of nitrogens with zero attached hydrogens (tertiary/aromatic N) is 1. The second kappa shape index (κ2) is 7.35. The van der Waals surface area contributed by atoms with E-state index in [9.17, 15) is 0 Å². The van der Waals surface area contributed by atoms with Gasteiger partial charge in [-0.25, -0.2) is 0 Å². The summed E-state index contributed by atoms with van der Waals surface area (Å²) < 4.78 is 1.32. The molecule has 0 aromatic carbocycles. The zero-order valence-corrected chi connectivity index (χ0v) is 10.3. The maximum absolute atomic E-state index is 2.56. The second-order valence-electron chi connectivity index (χ2n) is 3.19. The number of halogens is 1. The zero-order valence-electron chi connectivity index (χ0n) is 7.97. The molecule has 0 aliphatic rings. The molecular weight excluding hydrogens is 249 g/mol. The summed E-state index contributed by atoms with van der Waals surface area (Å²) in [6.45, 7) is 9.36. The highest BCUT2D eigenvalue weighted by Crippen LogP contribution is 1.99. The Morgan fingerprint density at radius 3 is 2.27 bits per heavy atom. The molecular formula is C9H21IN+. The lowest BCUT2D eigenvalue weighted by molar-refractivity contribution is -0.368. The zero-order chi connectivity index (χ0) is 8.69. The highest BCUT2D eigenvalue weighted by Gasteiger charge is 2.07. The molecule has 0 N–H and O–H groups in total. The van der Waals surface area contributed by atoms with Crippen LogP contribution in [0.4, 0.5) is 0 Å². The van der Waals surface area contributed by atoms with Gasteiger partial charge in [-0.2, -0.15) is 0 Å². The molecule has 0 rings (SSSR count). The Labute approximate surface area is 84.7 Å². The van der Waals surface area contributed by atoms with Crippen LogP contribution < -0.4 is 22.6 Å². The Balaban J connectivity index is 3.51. The second-order valence-corrected chi connectivity index (χ2v) is 4.35. The minimum atomic E-state index is 0.725. The highest BCUT2D eigenvalue weighted by atomic mass is 127. The predicted octanol–water partition coefficient (Wildman–Crippen LogP) is -1.22. The van der Waals surface area contributed by atoms with Gasteiger partial charge in [-0.3, -0.25) is 0 Å². The molecule has 0 heterocycles. The van der Waals surface area contributed by atoms with E-state index in [1.807, 2.05) is 0 Å². The standard InChI is InChI=1S/C9H21IN/c1-4-7-11(9(2)3)8-5-6-10/h9-10H,4-8H2,1-3H3/q+1. The molecule has 2 heteroatoms. The van der Waals surface area contributed by atoms with Crippen molar-refractivity contribution in [1.29, 1.82) is 0 Å². The molecule has 0 aliphatic carbocycles. The van der Waals surface area contributed by atoms with Gasteiger partial charge in [-0.15, -0.1) is 0 Å². The summed E-state index contributed by atoms with van der Waals surface area (Å²) in [7, 11) is 0. The van der Waals surface area contributed by atoms with Crippen LogP contribution in [0.1, 0.15) is 33.6 Å². The average Bonchev–Trinajstić information content (AvgIpc) is 1.97. The molecule has 0 fully saturated rings. The Morgan fingerprint density at radius 1 is 1.27 bits per heavy atom. The van der Waals surface area contributed by atoms with Crippen LogP contribution >= 0.6 is 0 Å². The van der Waals surface area contributed by atoms with Crippen molar-refractivity contribution in [3.63, 3.8) is 0 Å². The van der Waals surface area contributed by atoms with Crippen molar-refractivity contribution >= 4 is 0 Å². The first kappa shape index (κ1) is 11.7. The van der Waals surface area contributed by atoms with Gasteiger partial charge in [0, 0.05) is 19.0 Å². The molecule has 11 heavy (non-hydrogen) atoms. The Morgan fingerprint density at radius 2 is 1.91 bits per heavy atom. The van der Waals surface area contributed by atoms with E-state index in [0.717, 1.165) is 6.04 Å². The minimum absolute atomic E-state index is 0.725. The summed E-state index contributed by atoms with van der Waals surface area (Å²) in [4.78, 5) is 2.56. The molecule has 0 spiro atoms. The molecule has 0 aromatic heterocycles. The molecule has 0 atom stereocenters. The maximum atomic E-state index is 2.56. The van der Waals surface area contributed by atoms with Crippen molar-refractivity contribution in [2.24, 2.45) is 0 Å². The van der Waals surface area contributed by atoms with Crippen molar-refractivity contribution in [2.75, 3.05) is 17.5 Å². The summed E-state index contributed by atoms with van der Waals surface area (Å²) in [6.07, 6.45) is 2.63. The van der Waals surface area contributed by atoms with E-state index in [2.05, 4.69) is 48.3 Å². The van der Waals surface area contributed by atoms with Gasteiger partial charge in [0.25, 0.3) is 22.6 Å². The van der Waals surface area contributed by atoms with Crippen LogP contribution in [0.2, 0.25) is 0 Å². The van der Waals surface area contributed by atoms with Crippen LogP contribution in [0.3, 0.4) is 0 Å². The van der Waals surface area contributed by atoms with Crippen molar-refractivity contribution in [2.45, 2.75) is 39.7 Å². The lowest BCUT2D eigenvalue weighted by Crippen LogP contribution is -3.35. The number of alkyl halides is 1. The third kappa shape index (κ3) is 5.91. The quantitative estimate of drug-likeness (QED) is 0.432. The summed E-state index contributed by atoms with van der Waals surface area (Å²) in [5.41, 5.74) is 0. The number of hydrogen-bond acceptors (Lipinski definition) is 1. The van der Waals surface area contributed by atoms with Crippen LogP contribution in [0, 0.1) is 0 Å². The summed E-state index contributed by atoms with van der Waals surface area (Å²) in [6, 6.07) is 0.725. The van der Waals surface area contributed by atoms with Gasteiger partial charge >= 0.3 is 0 Å². The van der Waals surface area contributed by atoms with E-state index in [4.69, 9.17) is 0 Å². The molecule has 0 saturated heterocycles. The molecule has 0 aromatic rings. The SMILES string of the molecule is CCCN(CCC[IH+])C(C)C. The van der Waals surface area contributed by atoms with E-state index >= 15 is 0 Å².